The molecule has 1 aliphatic rings. The fourth-order valence-electron chi connectivity index (χ4n) is 6.30. The predicted octanol–water partition coefficient (Wildman–Crippen LogP) is 7.28. The van der Waals surface area contributed by atoms with E-state index in [1.807, 2.05) is 84.9 Å². The van der Waals surface area contributed by atoms with Crippen molar-refractivity contribution < 1.29 is 32.8 Å². The van der Waals surface area contributed by atoms with Crippen LogP contribution in [0.25, 0.3) is 0 Å². The molecule has 5 aromatic rings. The SMILES string of the molecule is COc1ccc(C(OC[C@H]2O[C@@H](n3ccc(NC(=O)c4ccccc4)nc3=O)C[C@@H]2OP(=S)(S)OCCC#N)(c2ccccc2)c2ccc(OC)cc2)cc1. The Bertz CT molecular complexity index is 2160. The van der Waals surface area contributed by atoms with Crippen molar-refractivity contribution in [2.45, 2.75) is 36.9 Å². The zero-order valence-corrected chi connectivity index (χ0v) is 32.6. The smallest absolute Gasteiger partial charge is 0.351 e. The third-order valence-electron chi connectivity index (χ3n) is 8.97. The van der Waals surface area contributed by atoms with Gasteiger partial charge >= 0.3 is 5.69 Å². The van der Waals surface area contributed by atoms with Gasteiger partial charge in [-0.05, 0) is 71.0 Å². The fourth-order valence-corrected chi connectivity index (χ4v) is 8.41. The van der Waals surface area contributed by atoms with E-state index in [0.717, 1.165) is 16.7 Å². The number of aromatic nitrogens is 2. The Balaban J connectivity index is 1.34. The van der Waals surface area contributed by atoms with E-state index in [1.165, 1.54) is 16.8 Å². The second-order valence-corrected chi connectivity index (χ2v) is 17.6. The number of hydrogen-bond acceptors (Lipinski definition) is 11. The normalized spacial score (nSPS) is 17.8. The fraction of sp³-hybridized carbons (Fsp3) is 0.250. The highest BCUT2D eigenvalue weighted by atomic mass is 32.9. The molecule has 15 heteroatoms. The van der Waals surface area contributed by atoms with Gasteiger partial charge in [0.25, 0.3) is 5.91 Å². The van der Waals surface area contributed by atoms with Gasteiger partial charge in [-0.25, -0.2) is 4.79 Å². The molecular formula is C40H39N4O8PS2. The highest BCUT2D eigenvalue weighted by Gasteiger charge is 2.44. The topological polar surface area (TPSA) is 143 Å². The number of thiol groups is 1. The van der Waals surface area contributed by atoms with Crippen LogP contribution in [0.3, 0.4) is 0 Å². The first-order chi connectivity index (χ1) is 26.7. The summed E-state index contributed by atoms with van der Waals surface area (Å²) in [6, 6.07) is 37.2. The zero-order valence-electron chi connectivity index (χ0n) is 30.0. The maximum Gasteiger partial charge on any atom is 0.351 e. The number of nitriles is 1. The first kappa shape index (κ1) is 39.8. The lowest BCUT2D eigenvalue weighted by Gasteiger charge is -2.37. The lowest BCUT2D eigenvalue weighted by Crippen LogP contribution is -2.38. The summed E-state index contributed by atoms with van der Waals surface area (Å²) < 4.78 is 38.0. The minimum atomic E-state index is -3.19. The summed E-state index contributed by atoms with van der Waals surface area (Å²) in [6.45, 7) is 0.00384. The average Bonchev–Trinajstić information content (AvgIpc) is 3.60. The predicted molar refractivity (Wildman–Crippen MR) is 214 cm³/mol. The molecule has 0 spiro atoms. The lowest BCUT2D eigenvalue weighted by molar-refractivity contribution is -0.0914. The molecule has 1 saturated heterocycles. The molecule has 1 N–H and O–H groups in total. The van der Waals surface area contributed by atoms with E-state index in [2.05, 4.69) is 22.5 Å². The molecule has 2 heterocycles. The molecule has 6 rings (SSSR count). The zero-order chi connectivity index (χ0) is 38.8. The van der Waals surface area contributed by atoms with Crippen molar-refractivity contribution in [3.8, 4) is 17.6 Å². The van der Waals surface area contributed by atoms with Crippen LogP contribution < -0.4 is 20.5 Å². The molecule has 284 valence electrons. The molecule has 0 bridgehead atoms. The van der Waals surface area contributed by atoms with E-state index in [9.17, 15) is 9.59 Å². The van der Waals surface area contributed by atoms with Gasteiger partial charge in [-0.2, -0.15) is 10.2 Å². The van der Waals surface area contributed by atoms with Crippen molar-refractivity contribution in [1.82, 2.24) is 9.55 Å². The Morgan fingerprint density at radius 1 is 0.945 bits per heavy atom. The summed E-state index contributed by atoms with van der Waals surface area (Å²) in [5, 5.41) is 11.7. The number of benzene rings is 4. The molecule has 1 unspecified atom stereocenters. The first-order valence-electron chi connectivity index (χ1n) is 17.3. The minimum Gasteiger partial charge on any atom is -0.497 e. The molecular weight excluding hydrogens is 760 g/mol. The molecule has 4 atom stereocenters. The van der Waals surface area contributed by atoms with Crippen LogP contribution >= 0.6 is 17.9 Å². The van der Waals surface area contributed by atoms with Crippen molar-refractivity contribution in [3.05, 3.63) is 154 Å². The minimum absolute atomic E-state index is 0.0389. The summed E-state index contributed by atoms with van der Waals surface area (Å²) in [7, 11) is 3.21. The number of ether oxygens (including phenoxy) is 4. The van der Waals surface area contributed by atoms with E-state index >= 15 is 0 Å². The van der Waals surface area contributed by atoms with Gasteiger partial charge < -0.3 is 33.3 Å². The number of carbonyl (C=O) groups is 1. The molecule has 12 nitrogen and oxygen atoms in total. The number of methoxy groups -OCH3 is 2. The lowest BCUT2D eigenvalue weighted by atomic mass is 9.80. The maximum atomic E-state index is 13.4. The van der Waals surface area contributed by atoms with Crippen LogP contribution in [0.4, 0.5) is 5.82 Å². The van der Waals surface area contributed by atoms with Gasteiger partial charge in [-0.15, -0.1) is 0 Å². The van der Waals surface area contributed by atoms with Crippen molar-refractivity contribution >= 4 is 41.5 Å². The second kappa shape index (κ2) is 18.2. The van der Waals surface area contributed by atoms with Gasteiger partial charge in [0.15, 0.2) is 0 Å². The van der Waals surface area contributed by atoms with Crippen LogP contribution in [-0.2, 0) is 35.9 Å². The van der Waals surface area contributed by atoms with E-state index < -0.39 is 41.3 Å². The van der Waals surface area contributed by atoms with Crippen LogP contribution in [-0.4, -0.2) is 55.1 Å². The number of carbonyl (C=O) groups excluding carboxylic acids is 1. The first-order valence-corrected chi connectivity index (χ1v) is 21.1. The van der Waals surface area contributed by atoms with Crippen LogP contribution in [0, 0.1) is 11.3 Å². The highest BCUT2D eigenvalue weighted by Crippen LogP contribution is 2.56. The Morgan fingerprint density at radius 2 is 1.53 bits per heavy atom. The van der Waals surface area contributed by atoms with Crippen LogP contribution in [0.15, 0.2) is 126 Å². The molecule has 0 saturated carbocycles. The third kappa shape index (κ3) is 9.52. The number of nitrogens with zero attached hydrogens (tertiary/aromatic N) is 3. The Kier molecular flexibility index (Phi) is 13.2. The van der Waals surface area contributed by atoms with Crippen molar-refractivity contribution in [2.24, 2.45) is 0 Å². The summed E-state index contributed by atoms with van der Waals surface area (Å²) in [6.07, 6.45) is -0.619. The van der Waals surface area contributed by atoms with Gasteiger partial charge in [0.1, 0.15) is 35.2 Å². The van der Waals surface area contributed by atoms with Gasteiger partial charge in [0.05, 0.1) is 46.0 Å². The summed E-state index contributed by atoms with van der Waals surface area (Å²) >= 11 is 10.2. The number of anilines is 1. The van der Waals surface area contributed by atoms with Gasteiger partial charge in [0.2, 0.25) is 5.69 Å². The van der Waals surface area contributed by atoms with E-state index in [4.69, 9.17) is 45.1 Å². The van der Waals surface area contributed by atoms with Crippen molar-refractivity contribution in [1.29, 1.82) is 5.26 Å². The molecule has 1 aliphatic heterocycles. The third-order valence-corrected chi connectivity index (χ3v) is 11.2. The maximum absolute atomic E-state index is 13.4. The quantitative estimate of drug-likeness (QED) is 0.0450. The molecule has 0 radical (unpaired) electrons. The second-order valence-electron chi connectivity index (χ2n) is 12.4. The monoisotopic (exact) mass is 798 g/mol. The Labute approximate surface area is 329 Å². The highest BCUT2D eigenvalue weighted by molar-refractivity contribution is 8.60. The van der Waals surface area contributed by atoms with Crippen molar-refractivity contribution in [2.75, 3.05) is 32.8 Å². The number of nitrogens with one attached hydrogen (secondary N) is 1. The average molecular weight is 799 g/mol. The van der Waals surface area contributed by atoms with E-state index in [1.54, 1.807) is 44.6 Å². The number of amides is 1. The summed E-state index contributed by atoms with van der Waals surface area (Å²) in [4.78, 5) is 30.3. The summed E-state index contributed by atoms with van der Waals surface area (Å²) in [5.74, 6) is 1.04. The molecule has 1 amide bonds. The number of hydrogen-bond donors (Lipinski definition) is 2. The van der Waals surface area contributed by atoms with E-state index in [-0.39, 0.29) is 31.9 Å². The van der Waals surface area contributed by atoms with Gasteiger partial charge in [-0.1, -0.05) is 85.0 Å². The van der Waals surface area contributed by atoms with Crippen LogP contribution in [0.5, 0.6) is 11.5 Å². The number of rotatable bonds is 16. The van der Waals surface area contributed by atoms with Crippen molar-refractivity contribution in [3.63, 3.8) is 0 Å². The Hall–Kier alpha value is -4.84. The summed E-state index contributed by atoms with van der Waals surface area (Å²) in [5.41, 5.74) is -2.13. The largest absolute Gasteiger partial charge is 0.497 e. The molecule has 1 aromatic heterocycles. The van der Waals surface area contributed by atoms with Gasteiger partial charge in [0, 0.05) is 18.2 Å². The van der Waals surface area contributed by atoms with Gasteiger partial charge in [-0.3, -0.25) is 9.36 Å². The molecule has 4 aromatic carbocycles. The molecule has 0 aliphatic carbocycles. The van der Waals surface area contributed by atoms with Crippen LogP contribution in [0.1, 0.15) is 46.1 Å². The Morgan fingerprint density at radius 3 is 2.09 bits per heavy atom. The standard InChI is InChI=1S/C40H39N4O8PS2/c1-47-32-18-14-30(15-19-32)40(29-12-7-4-8-13-29,31-16-20-33(48-2)21-17-31)49-27-35-34(52-53(54,55)50-25-9-23-41)26-37(51-35)44-24-22-36(43-39(44)46)42-38(45)28-10-5-3-6-11-28/h3-8,10-22,24,34-35,37H,9,25-27H2,1-2H3,(H,54,55)(H,42,43,45,46)/t34-,35+,37+/m0/s1. The van der Waals surface area contributed by atoms with Crippen LogP contribution in [0.2, 0.25) is 0 Å². The molecule has 55 heavy (non-hydrogen) atoms. The molecule has 1 fully saturated rings. The van der Waals surface area contributed by atoms with E-state index in [0.29, 0.717) is 17.1 Å².